The quantitative estimate of drug-likeness (QED) is 0.525. The third kappa shape index (κ3) is 4.05. The third-order valence-corrected chi connectivity index (χ3v) is 5.67. The summed E-state index contributed by atoms with van der Waals surface area (Å²) in [6.07, 6.45) is 0.386. The molecule has 3 aromatic rings. The number of carbonyl (C=O) groups excluding carboxylic acids is 1. The van der Waals surface area contributed by atoms with Gasteiger partial charge in [-0.2, -0.15) is 0 Å². The second kappa shape index (κ2) is 7.32. The molecule has 0 atom stereocenters. The summed E-state index contributed by atoms with van der Waals surface area (Å²) in [5.74, 6) is 0.278. The Bertz CT molecular complexity index is 996. The fourth-order valence-electron chi connectivity index (χ4n) is 2.14. The molecule has 3 rings (SSSR count). The van der Waals surface area contributed by atoms with Crippen molar-refractivity contribution in [2.45, 2.75) is 37.3 Å². The van der Waals surface area contributed by atoms with Crippen LogP contribution in [-0.2, 0) is 10.5 Å². The van der Waals surface area contributed by atoms with Crippen LogP contribution in [0, 0.1) is 13.8 Å². The predicted molar refractivity (Wildman–Crippen MR) is 100 cm³/mol. The van der Waals surface area contributed by atoms with Crippen LogP contribution in [0.2, 0.25) is 0 Å². The molecule has 1 amide bonds. The molecule has 9 heteroatoms. The molecule has 2 aromatic heterocycles. The monoisotopic (exact) mass is 375 g/mol. The van der Waals surface area contributed by atoms with Crippen LogP contribution < -0.4 is 10.9 Å². The molecule has 0 bridgehead atoms. The lowest BCUT2D eigenvalue weighted by Crippen LogP contribution is -2.14. The van der Waals surface area contributed by atoms with Crippen molar-refractivity contribution in [1.82, 2.24) is 20.2 Å². The van der Waals surface area contributed by atoms with Crippen LogP contribution in [0.4, 0.5) is 5.13 Å². The van der Waals surface area contributed by atoms with Gasteiger partial charge in [0.1, 0.15) is 5.69 Å². The van der Waals surface area contributed by atoms with E-state index in [4.69, 9.17) is 0 Å². The maximum Gasteiger partial charge on any atom is 0.271 e. The molecule has 2 N–H and O–H groups in total. The minimum absolute atomic E-state index is 0.106. The number of H-pyrrole nitrogens is 1. The minimum atomic E-state index is -0.202. The molecule has 0 radical (unpaired) electrons. The number of anilines is 1. The van der Waals surface area contributed by atoms with Crippen molar-refractivity contribution in [3.8, 4) is 0 Å². The van der Waals surface area contributed by atoms with Gasteiger partial charge in [0.15, 0.2) is 4.34 Å². The molecule has 2 heterocycles. The van der Waals surface area contributed by atoms with Gasteiger partial charge in [0.05, 0.1) is 11.0 Å². The topological polar surface area (TPSA) is 101 Å². The van der Waals surface area contributed by atoms with Crippen LogP contribution >= 0.6 is 23.1 Å². The Morgan fingerprint density at radius 3 is 2.80 bits per heavy atom. The summed E-state index contributed by atoms with van der Waals surface area (Å²) in [5, 5.41) is 11.1. The van der Waals surface area contributed by atoms with Crippen LogP contribution in [0.25, 0.3) is 11.0 Å². The highest BCUT2D eigenvalue weighted by Gasteiger charge is 2.11. The summed E-state index contributed by atoms with van der Waals surface area (Å²) < 4.78 is 0.674. The number of nitrogens with one attached hydrogen (secondary N) is 2. The lowest BCUT2D eigenvalue weighted by atomic mass is 10.1. The maximum atomic E-state index is 12.2. The molecule has 0 spiro atoms. The van der Waals surface area contributed by atoms with E-state index in [9.17, 15) is 9.59 Å². The van der Waals surface area contributed by atoms with E-state index in [-0.39, 0.29) is 11.5 Å². The van der Waals surface area contributed by atoms with Gasteiger partial charge in [-0.15, -0.1) is 10.2 Å². The van der Waals surface area contributed by atoms with Crippen molar-refractivity contribution in [2.75, 3.05) is 5.32 Å². The number of hydrogen-bond acceptors (Lipinski definition) is 7. The zero-order chi connectivity index (χ0) is 18.0. The van der Waals surface area contributed by atoms with Crippen molar-refractivity contribution in [1.29, 1.82) is 0 Å². The van der Waals surface area contributed by atoms with Crippen molar-refractivity contribution in [2.24, 2.45) is 0 Å². The second-order valence-electron chi connectivity index (χ2n) is 5.53. The Hall–Kier alpha value is -2.26. The Balaban J connectivity index is 1.77. The normalized spacial score (nSPS) is 11.0. The van der Waals surface area contributed by atoms with E-state index < -0.39 is 0 Å². The number of hydrogen-bond donors (Lipinski definition) is 2. The first-order valence-electron chi connectivity index (χ1n) is 7.72. The van der Waals surface area contributed by atoms with Crippen LogP contribution in [-0.4, -0.2) is 26.1 Å². The molecule has 130 valence electrons. The number of thioether (sulfide) groups is 1. The molecule has 0 unspecified atom stereocenters. The number of carbonyl (C=O) groups is 1. The van der Waals surface area contributed by atoms with Gasteiger partial charge in [-0.05, 0) is 37.1 Å². The van der Waals surface area contributed by atoms with Crippen LogP contribution in [0.1, 0.15) is 30.2 Å². The SMILES string of the molecule is CCC(=O)Nc1nnc(SCc2nc3cc(C)c(C)cc3[nH]c2=O)s1. The second-order valence-corrected chi connectivity index (χ2v) is 7.73. The molecule has 0 aliphatic heterocycles. The molecule has 0 aliphatic carbocycles. The fraction of sp³-hybridized carbons (Fsp3) is 0.312. The largest absolute Gasteiger partial charge is 0.319 e. The number of aryl methyl sites for hydroxylation is 2. The summed E-state index contributed by atoms with van der Waals surface area (Å²) in [5.41, 5.74) is 3.99. The molecule has 0 fully saturated rings. The Morgan fingerprint density at radius 2 is 2.04 bits per heavy atom. The van der Waals surface area contributed by atoms with Gasteiger partial charge in [-0.25, -0.2) is 4.98 Å². The van der Waals surface area contributed by atoms with Crippen LogP contribution in [0.15, 0.2) is 21.3 Å². The molecular weight excluding hydrogens is 358 g/mol. The number of aromatic nitrogens is 4. The van der Waals surface area contributed by atoms with Gasteiger partial charge in [-0.1, -0.05) is 30.0 Å². The van der Waals surface area contributed by atoms with E-state index >= 15 is 0 Å². The highest BCUT2D eigenvalue weighted by molar-refractivity contribution is 8.00. The number of benzene rings is 1. The fourth-order valence-corrected chi connectivity index (χ4v) is 3.84. The highest BCUT2D eigenvalue weighted by atomic mass is 32.2. The third-order valence-electron chi connectivity index (χ3n) is 3.68. The first kappa shape index (κ1) is 17.6. The lowest BCUT2D eigenvalue weighted by molar-refractivity contribution is -0.115. The average Bonchev–Trinajstić information content (AvgIpc) is 3.02. The number of fused-ring (bicyclic) bond motifs is 1. The summed E-state index contributed by atoms with van der Waals surface area (Å²) >= 11 is 2.65. The van der Waals surface area contributed by atoms with E-state index in [0.29, 0.717) is 27.3 Å². The molecule has 1 aromatic carbocycles. The zero-order valence-corrected chi connectivity index (χ0v) is 15.7. The maximum absolute atomic E-state index is 12.2. The Kier molecular flexibility index (Phi) is 5.14. The van der Waals surface area contributed by atoms with Crippen molar-refractivity contribution >= 4 is 45.2 Å². The molecule has 0 saturated carbocycles. The van der Waals surface area contributed by atoms with Gasteiger partial charge < -0.3 is 10.3 Å². The van der Waals surface area contributed by atoms with E-state index in [1.807, 2.05) is 26.0 Å². The first-order valence-corrected chi connectivity index (χ1v) is 9.52. The predicted octanol–water partition coefficient (Wildman–Crippen LogP) is 3.03. The number of amides is 1. The number of nitrogens with zero attached hydrogens (tertiary/aromatic N) is 3. The van der Waals surface area contributed by atoms with Gasteiger partial charge >= 0.3 is 0 Å². The summed E-state index contributed by atoms with van der Waals surface area (Å²) in [7, 11) is 0. The van der Waals surface area contributed by atoms with E-state index in [2.05, 4.69) is 25.5 Å². The summed E-state index contributed by atoms with van der Waals surface area (Å²) in [6, 6.07) is 3.90. The average molecular weight is 375 g/mol. The standard InChI is InChI=1S/C16H17N5O2S2/c1-4-13(22)19-15-20-21-16(25-15)24-7-12-14(23)18-11-6-9(3)8(2)5-10(11)17-12/h5-6H,4,7H2,1-3H3,(H,18,23)(H,19,20,22). The zero-order valence-electron chi connectivity index (χ0n) is 14.0. The molecule has 25 heavy (non-hydrogen) atoms. The van der Waals surface area contributed by atoms with Crippen LogP contribution in [0.5, 0.6) is 0 Å². The van der Waals surface area contributed by atoms with Gasteiger partial charge in [0.25, 0.3) is 5.56 Å². The molecular formula is C16H17N5O2S2. The van der Waals surface area contributed by atoms with E-state index in [1.54, 1.807) is 6.92 Å². The van der Waals surface area contributed by atoms with Crippen LogP contribution in [0.3, 0.4) is 0 Å². The Morgan fingerprint density at radius 1 is 1.28 bits per heavy atom. The number of aromatic amines is 1. The van der Waals surface area contributed by atoms with Crippen molar-refractivity contribution in [3.05, 3.63) is 39.3 Å². The van der Waals surface area contributed by atoms with Gasteiger partial charge in [0, 0.05) is 12.2 Å². The minimum Gasteiger partial charge on any atom is -0.319 e. The highest BCUT2D eigenvalue weighted by Crippen LogP contribution is 2.27. The van der Waals surface area contributed by atoms with E-state index in [0.717, 1.165) is 22.2 Å². The number of rotatable bonds is 5. The van der Waals surface area contributed by atoms with Crippen molar-refractivity contribution in [3.63, 3.8) is 0 Å². The first-order chi connectivity index (χ1) is 12.0. The Labute approximate surface area is 152 Å². The molecule has 7 nitrogen and oxygen atoms in total. The summed E-state index contributed by atoms with van der Waals surface area (Å²) in [4.78, 5) is 30.9. The molecule has 0 aliphatic rings. The van der Waals surface area contributed by atoms with Crippen molar-refractivity contribution < 1.29 is 4.79 Å². The van der Waals surface area contributed by atoms with Gasteiger partial charge in [0.2, 0.25) is 11.0 Å². The molecule has 0 saturated heterocycles. The van der Waals surface area contributed by atoms with Gasteiger partial charge in [-0.3, -0.25) is 9.59 Å². The lowest BCUT2D eigenvalue weighted by Gasteiger charge is -2.05. The summed E-state index contributed by atoms with van der Waals surface area (Å²) in [6.45, 7) is 5.79. The van der Waals surface area contributed by atoms with E-state index in [1.165, 1.54) is 23.1 Å². The smallest absolute Gasteiger partial charge is 0.271 e.